The Hall–Kier alpha value is -2.74. The van der Waals surface area contributed by atoms with Gasteiger partial charge < -0.3 is 5.11 Å². The number of amides is 1. The summed E-state index contributed by atoms with van der Waals surface area (Å²) in [5, 5.41) is 17.5. The Bertz CT molecular complexity index is 774. The maximum atomic E-state index is 12.6. The maximum absolute atomic E-state index is 12.6. The topological polar surface area (TPSA) is 97.5 Å². The molecule has 0 bridgehead atoms. The van der Waals surface area contributed by atoms with Crippen LogP contribution in [0, 0.1) is 0 Å². The Morgan fingerprint density at radius 2 is 2.20 bits per heavy atom. The fourth-order valence-electron chi connectivity index (χ4n) is 3.22. The maximum Gasteiger partial charge on any atom is 0.325 e. The number of carbonyl (C=O) groups is 2. The van der Waals surface area contributed by atoms with Crippen molar-refractivity contribution >= 4 is 11.9 Å². The highest BCUT2D eigenvalue weighted by Gasteiger charge is 2.27. The van der Waals surface area contributed by atoms with Crippen molar-refractivity contribution in [1.82, 2.24) is 20.1 Å². The van der Waals surface area contributed by atoms with Gasteiger partial charge in [-0.05, 0) is 30.4 Å². The molecule has 3 rings (SSSR count). The number of rotatable bonds is 6. The van der Waals surface area contributed by atoms with E-state index in [2.05, 4.69) is 22.4 Å². The zero-order valence-corrected chi connectivity index (χ0v) is 14.0. The highest BCUT2D eigenvalue weighted by Crippen LogP contribution is 2.32. The van der Waals surface area contributed by atoms with Crippen molar-refractivity contribution in [3.8, 4) is 0 Å². The second kappa shape index (κ2) is 7.43. The van der Waals surface area contributed by atoms with Crippen LogP contribution in [-0.4, -0.2) is 50.7 Å². The summed E-state index contributed by atoms with van der Waals surface area (Å²) in [7, 11) is 1.44. The van der Waals surface area contributed by atoms with E-state index in [-0.39, 0.29) is 18.2 Å². The van der Waals surface area contributed by atoms with Crippen molar-refractivity contribution in [2.24, 2.45) is 0 Å². The lowest BCUT2D eigenvalue weighted by Gasteiger charge is -2.29. The monoisotopic (exact) mass is 344 g/mol. The number of carboxylic acids is 1. The number of hydrogen-bond donors (Lipinski definition) is 1. The Kier molecular flexibility index (Phi) is 5.08. The van der Waals surface area contributed by atoms with Crippen molar-refractivity contribution in [2.75, 3.05) is 13.7 Å². The minimum Gasteiger partial charge on any atom is -0.480 e. The van der Waals surface area contributed by atoms with Gasteiger partial charge in [0.2, 0.25) is 0 Å². The standard InChI is InChI=1S/C17H20N4O4/c1-25-21(17(24)15-10-20(19-18-15)11-16(22)23)9-13-7-4-6-12-5-2-3-8-14(12)13/h2-3,5,8,10,13H,4,6-7,9,11H2,1H3,(H,22,23). The average molecular weight is 344 g/mol. The molecule has 0 spiro atoms. The minimum atomic E-state index is -1.05. The molecule has 1 aliphatic rings. The summed E-state index contributed by atoms with van der Waals surface area (Å²) in [6.07, 6.45) is 4.42. The van der Waals surface area contributed by atoms with E-state index in [4.69, 9.17) is 9.94 Å². The van der Waals surface area contributed by atoms with Crippen LogP contribution in [0.15, 0.2) is 30.5 Å². The third kappa shape index (κ3) is 3.85. The van der Waals surface area contributed by atoms with Crippen LogP contribution < -0.4 is 0 Å². The van der Waals surface area contributed by atoms with Gasteiger partial charge in [0.15, 0.2) is 5.69 Å². The molecular formula is C17H20N4O4. The van der Waals surface area contributed by atoms with E-state index in [9.17, 15) is 9.59 Å². The van der Waals surface area contributed by atoms with Gasteiger partial charge in [0.1, 0.15) is 6.54 Å². The molecular weight excluding hydrogens is 324 g/mol. The number of aliphatic carboxylic acids is 1. The van der Waals surface area contributed by atoms with Crippen LogP contribution in [-0.2, 0) is 22.6 Å². The van der Waals surface area contributed by atoms with Crippen LogP contribution in [0.1, 0.15) is 40.4 Å². The van der Waals surface area contributed by atoms with Gasteiger partial charge in [0.25, 0.3) is 5.91 Å². The SMILES string of the molecule is CON(CC1CCCc2ccccc21)C(=O)c1cn(CC(=O)O)nn1. The van der Waals surface area contributed by atoms with Gasteiger partial charge in [0, 0.05) is 5.92 Å². The summed E-state index contributed by atoms with van der Waals surface area (Å²) in [6, 6.07) is 8.26. The van der Waals surface area contributed by atoms with E-state index < -0.39 is 11.9 Å². The van der Waals surface area contributed by atoms with Crippen LogP contribution in [0.25, 0.3) is 0 Å². The third-order valence-electron chi connectivity index (χ3n) is 4.38. The van der Waals surface area contributed by atoms with Crippen LogP contribution in [0.4, 0.5) is 0 Å². The van der Waals surface area contributed by atoms with Crippen LogP contribution >= 0.6 is 0 Å². The molecule has 0 saturated heterocycles. The van der Waals surface area contributed by atoms with Crippen molar-refractivity contribution in [3.05, 3.63) is 47.3 Å². The van der Waals surface area contributed by atoms with Crippen LogP contribution in [0.5, 0.6) is 0 Å². The Morgan fingerprint density at radius 1 is 1.40 bits per heavy atom. The number of carboxylic acid groups (broad SMARTS) is 1. The number of benzene rings is 1. The van der Waals surface area contributed by atoms with Gasteiger partial charge in [-0.15, -0.1) is 5.10 Å². The van der Waals surface area contributed by atoms with Crippen molar-refractivity contribution in [3.63, 3.8) is 0 Å². The predicted molar refractivity (Wildman–Crippen MR) is 87.8 cm³/mol. The number of hydroxylamine groups is 2. The molecule has 0 aliphatic heterocycles. The van der Waals surface area contributed by atoms with Gasteiger partial charge in [-0.2, -0.15) is 0 Å². The first-order valence-corrected chi connectivity index (χ1v) is 8.14. The highest BCUT2D eigenvalue weighted by atomic mass is 16.7. The number of aromatic nitrogens is 3. The number of aryl methyl sites for hydroxylation is 1. The van der Waals surface area contributed by atoms with Gasteiger partial charge in [-0.1, -0.05) is 29.5 Å². The normalized spacial score (nSPS) is 16.3. The van der Waals surface area contributed by atoms with E-state index in [1.54, 1.807) is 0 Å². The molecule has 2 aromatic rings. The quantitative estimate of drug-likeness (QED) is 0.797. The molecule has 1 amide bonds. The first kappa shape index (κ1) is 17.1. The van der Waals surface area contributed by atoms with Gasteiger partial charge in [-0.3, -0.25) is 14.4 Å². The molecule has 8 heteroatoms. The molecule has 1 heterocycles. The molecule has 1 aromatic carbocycles. The third-order valence-corrected chi connectivity index (χ3v) is 4.38. The fourth-order valence-corrected chi connectivity index (χ4v) is 3.22. The first-order chi connectivity index (χ1) is 12.1. The number of fused-ring (bicyclic) bond motifs is 1. The van der Waals surface area contributed by atoms with Crippen molar-refractivity contribution < 1.29 is 19.5 Å². The second-order valence-electron chi connectivity index (χ2n) is 6.03. The average Bonchev–Trinajstić information content (AvgIpc) is 3.07. The van der Waals surface area contributed by atoms with E-state index in [1.807, 2.05) is 12.1 Å². The van der Waals surface area contributed by atoms with Crippen molar-refractivity contribution in [2.45, 2.75) is 31.7 Å². The molecule has 1 atom stereocenters. The molecule has 0 radical (unpaired) electrons. The molecule has 1 aliphatic carbocycles. The fraction of sp³-hybridized carbons (Fsp3) is 0.412. The lowest BCUT2D eigenvalue weighted by Crippen LogP contribution is -2.35. The van der Waals surface area contributed by atoms with E-state index in [1.165, 1.54) is 29.5 Å². The largest absolute Gasteiger partial charge is 0.480 e. The van der Waals surface area contributed by atoms with Gasteiger partial charge >= 0.3 is 5.97 Å². The molecule has 1 unspecified atom stereocenters. The van der Waals surface area contributed by atoms with E-state index in [0.29, 0.717) is 6.54 Å². The number of hydrogen-bond acceptors (Lipinski definition) is 5. The first-order valence-electron chi connectivity index (χ1n) is 8.14. The van der Waals surface area contributed by atoms with Crippen LogP contribution in [0.3, 0.4) is 0 Å². The lowest BCUT2D eigenvalue weighted by molar-refractivity contribution is -0.137. The summed E-state index contributed by atoms with van der Waals surface area (Å²) in [5.41, 5.74) is 2.62. The summed E-state index contributed by atoms with van der Waals surface area (Å²) in [4.78, 5) is 28.6. The molecule has 132 valence electrons. The summed E-state index contributed by atoms with van der Waals surface area (Å²) < 4.78 is 1.11. The highest BCUT2D eigenvalue weighted by molar-refractivity contribution is 5.91. The zero-order chi connectivity index (χ0) is 17.8. The Morgan fingerprint density at radius 3 is 2.96 bits per heavy atom. The summed E-state index contributed by atoms with van der Waals surface area (Å²) >= 11 is 0. The summed E-state index contributed by atoms with van der Waals surface area (Å²) in [5.74, 6) is -1.28. The molecule has 1 aromatic heterocycles. The molecule has 0 saturated carbocycles. The molecule has 0 fully saturated rings. The molecule has 25 heavy (non-hydrogen) atoms. The lowest BCUT2D eigenvalue weighted by atomic mass is 9.83. The minimum absolute atomic E-state index is 0.0622. The van der Waals surface area contributed by atoms with E-state index >= 15 is 0 Å². The Balaban J connectivity index is 1.73. The van der Waals surface area contributed by atoms with Crippen LogP contribution in [0.2, 0.25) is 0 Å². The van der Waals surface area contributed by atoms with Gasteiger partial charge in [-0.25, -0.2) is 9.75 Å². The predicted octanol–water partition coefficient (Wildman–Crippen LogP) is 1.49. The van der Waals surface area contributed by atoms with Crippen molar-refractivity contribution in [1.29, 1.82) is 0 Å². The number of nitrogens with zero attached hydrogens (tertiary/aromatic N) is 4. The van der Waals surface area contributed by atoms with E-state index in [0.717, 1.165) is 23.9 Å². The van der Waals surface area contributed by atoms with Gasteiger partial charge in [0.05, 0.1) is 19.9 Å². The molecule has 8 nitrogen and oxygen atoms in total. The zero-order valence-electron chi connectivity index (χ0n) is 14.0. The second-order valence-corrected chi connectivity index (χ2v) is 6.03. The smallest absolute Gasteiger partial charge is 0.325 e. The number of carbonyl (C=O) groups excluding carboxylic acids is 1. The summed E-state index contributed by atoms with van der Waals surface area (Å²) in [6.45, 7) is 0.0708. The Labute approximate surface area is 145 Å². The molecule has 1 N–H and O–H groups in total.